The molecular formula is C16H24BrN3O. The van der Waals surface area contributed by atoms with Crippen molar-refractivity contribution in [2.45, 2.75) is 47.7 Å². The second-order valence-corrected chi connectivity index (χ2v) is 6.75. The first-order valence-electron chi connectivity index (χ1n) is 7.37. The zero-order valence-electron chi connectivity index (χ0n) is 13.5. The third-order valence-electron chi connectivity index (χ3n) is 3.54. The highest BCUT2D eigenvalue weighted by Crippen LogP contribution is 2.22. The van der Waals surface area contributed by atoms with Gasteiger partial charge in [-0.1, -0.05) is 13.8 Å². The summed E-state index contributed by atoms with van der Waals surface area (Å²) < 4.78 is 8.91. The van der Waals surface area contributed by atoms with E-state index < -0.39 is 0 Å². The van der Waals surface area contributed by atoms with Crippen LogP contribution in [-0.4, -0.2) is 16.3 Å². The van der Waals surface area contributed by atoms with E-state index in [0.29, 0.717) is 12.5 Å². The lowest BCUT2D eigenvalue weighted by molar-refractivity contribution is 0.452. The molecule has 2 heterocycles. The third-order valence-corrected chi connectivity index (χ3v) is 4.69. The topological polar surface area (TPSA) is 43.0 Å². The van der Waals surface area contributed by atoms with Crippen molar-refractivity contribution in [1.29, 1.82) is 0 Å². The van der Waals surface area contributed by atoms with Gasteiger partial charge in [0.25, 0.3) is 0 Å². The number of halogens is 1. The first kappa shape index (κ1) is 16.3. The van der Waals surface area contributed by atoms with E-state index in [2.05, 4.69) is 53.2 Å². The van der Waals surface area contributed by atoms with Crippen LogP contribution in [-0.2, 0) is 13.1 Å². The van der Waals surface area contributed by atoms with Gasteiger partial charge in [-0.25, -0.2) is 0 Å². The number of aromatic nitrogens is 2. The fraction of sp³-hybridized carbons (Fsp3) is 0.562. The second kappa shape index (κ2) is 6.79. The van der Waals surface area contributed by atoms with Crippen molar-refractivity contribution in [2.24, 2.45) is 5.92 Å². The predicted octanol–water partition coefficient (Wildman–Crippen LogP) is 3.96. The summed E-state index contributed by atoms with van der Waals surface area (Å²) >= 11 is 3.56. The average Bonchev–Trinajstić information content (AvgIpc) is 2.86. The van der Waals surface area contributed by atoms with Gasteiger partial charge in [-0.05, 0) is 55.2 Å². The Labute approximate surface area is 135 Å². The molecule has 5 heteroatoms. The quantitative estimate of drug-likeness (QED) is 0.854. The number of furan rings is 1. The molecule has 0 saturated heterocycles. The summed E-state index contributed by atoms with van der Waals surface area (Å²) in [6.07, 6.45) is 0. The van der Waals surface area contributed by atoms with E-state index in [9.17, 15) is 0 Å². The summed E-state index contributed by atoms with van der Waals surface area (Å²) in [6.45, 7) is 13.0. The van der Waals surface area contributed by atoms with Crippen LogP contribution in [0.25, 0.3) is 0 Å². The lowest BCUT2D eigenvalue weighted by atomic mass is 10.2. The number of hydrogen-bond donors (Lipinski definition) is 1. The van der Waals surface area contributed by atoms with Gasteiger partial charge >= 0.3 is 0 Å². The lowest BCUT2D eigenvalue weighted by Gasteiger charge is -2.05. The number of nitrogens with one attached hydrogen (secondary N) is 1. The first-order chi connectivity index (χ1) is 9.88. The summed E-state index contributed by atoms with van der Waals surface area (Å²) in [6, 6.07) is 2.13. The molecule has 0 bridgehead atoms. The Balaban J connectivity index is 2.06. The molecule has 0 unspecified atom stereocenters. The zero-order valence-corrected chi connectivity index (χ0v) is 15.0. The van der Waals surface area contributed by atoms with Crippen LogP contribution in [0.4, 0.5) is 0 Å². The van der Waals surface area contributed by atoms with Crippen LogP contribution in [0.1, 0.15) is 42.3 Å². The van der Waals surface area contributed by atoms with Gasteiger partial charge in [-0.2, -0.15) is 5.10 Å². The Morgan fingerprint density at radius 1 is 1.33 bits per heavy atom. The molecule has 0 radical (unpaired) electrons. The Morgan fingerprint density at radius 2 is 2.05 bits per heavy atom. The Bertz CT molecular complexity index is 613. The van der Waals surface area contributed by atoms with Crippen LogP contribution in [0.2, 0.25) is 0 Å². The molecule has 2 aromatic heterocycles. The average molecular weight is 354 g/mol. The molecule has 0 fully saturated rings. The first-order valence-corrected chi connectivity index (χ1v) is 8.16. The van der Waals surface area contributed by atoms with E-state index in [1.807, 2.05) is 18.5 Å². The molecule has 0 aliphatic carbocycles. The summed E-state index contributed by atoms with van der Waals surface area (Å²) in [4.78, 5) is 0. The monoisotopic (exact) mass is 353 g/mol. The molecule has 0 saturated carbocycles. The highest BCUT2D eigenvalue weighted by atomic mass is 79.9. The van der Waals surface area contributed by atoms with Gasteiger partial charge in [-0.3, -0.25) is 4.68 Å². The molecule has 0 spiro atoms. The van der Waals surface area contributed by atoms with Gasteiger partial charge in [0.15, 0.2) is 0 Å². The van der Waals surface area contributed by atoms with Gasteiger partial charge < -0.3 is 9.73 Å². The largest absolute Gasteiger partial charge is 0.464 e. The van der Waals surface area contributed by atoms with Crippen molar-refractivity contribution in [1.82, 2.24) is 15.1 Å². The van der Waals surface area contributed by atoms with Crippen LogP contribution in [0.15, 0.2) is 15.0 Å². The van der Waals surface area contributed by atoms with Crippen LogP contribution >= 0.6 is 15.9 Å². The van der Waals surface area contributed by atoms with Crippen molar-refractivity contribution >= 4 is 15.9 Å². The van der Waals surface area contributed by atoms with E-state index in [1.54, 1.807) is 0 Å². The number of hydrogen-bond acceptors (Lipinski definition) is 3. The molecule has 2 aromatic rings. The van der Waals surface area contributed by atoms with Crippen molar-refractivity contribution in [2.75, 3.05) is 6.54 Å². The highest BCUT2D eigenvalue weighted by molar-refractivity contribution is 9.10. The van der Waals surface area contributed by atoms with Gasteiger partial charge in [0.1, 0.15) is 11.5 Å². The molecule has 21 heavy (non-hydrogen) atoms. The van der Waals surface area contributed by atoms with E-state index in [4.69, 9.17) is 4.42 Å². The van der Waals surface area contributed by atoms with E-state index in [0.717, 1.165) is 40.5 Å². The smallest absolute Gasteiger partial charge is 0.125 e. The summed E-state index contributed by atoms with van der Waals surface area (Å²) in [5.74, 6) is 2.59. The molecule has 0 aromatic carbocycles. The van der Waals surface area contributed by atoms with Gasteiger partial charge in [0.05, 0.1) is 22.4 Å². The molecule has 2 rings (SSSR count). The van der Waals surface area contributed by atoms with Gasteiger partial charge in [0, 0.05) is 12.1 Å². The van der Waals surface area contributed by atoms with E-state index in [1.165, 1.54) is 5.56 Å². The zero-order chi connectivity index (χ0) is 15.6. The minimum atomic E-state index is 0.656. The predicted molar refractivity (Wildman–Crippen MR) is 88.5 cm³/mol. The minimum Gasteiger partial charge on any atom is -0.464 e. The fourth-order valence-corrected chi connectivity index (χ4v) is 2.60. The third kappa shape index (κ3) is 3.98. The van der Waals surface area contributed by atoms with Crippen LogP contribution in [0, 0.1) is 26.7 Å². The van der Waals surface area contributed by atoms with E-state index >= 15 is 0 Å². The molecule has 0 amide bonds. The molecule has 0 aliphatic rings. The maximum Gasteiger partial charge on any atom is 0.125 e. The Kier molecular flexibility index (Phi) is 5.27. The maximum atomic E-state index is 5.86. The van der Waals surface area contributed by atoms with Crippen molar-refractivity contribution < 1.29 is 4.42 Å². The lowest BCUT2D eigenvalue weighted by Crippen LogP contribution is -2.19. The van der Waals surface area contributed by atoms with Gasteiger partial charge in [0.2, 0.25) is 0 Å². The summed E-state index contributed by atoms with van der Waals surface area (Å²) in [7, 11) is 0. The molecular weight excluding hydrogens is 330 g/mol. The SMILES string of the molecule is Cc1nn(Cc2cc(CNCC(C)C)c(C)o2)c(C)c1Br. The second-order valence-electron chi connectivity index (χ2n) is 5.96. The van der Waals surface area contributed by atoms with Crippen molar-refractivity contribution in [3.63, 3.8) is 0 Å². The molecule has 4 nitrogen and oxygen atoms in total. The van der Waals surface area contributed by atoms with Crippen LogP contribution in [0.5, 0.6) is 0 Å². The standard InChI is InChI=1S/C16H24BrN3O/c1-10(2)7-18-8-14-6-15(21-13(14)5)9-20-12(4)16(17)11(3)19-20/h6,10,18H,7-9H2,1-5H3. The Hall–Kier alpha value is -1.07. The number of nitrogens with zero attached hydrogens (tertiary/aromatic N) is 2. The van der Waals surface area contributed by atoms with Crippen LogP contribution < -0.4 is 5.32 Å². The number of rotatable bonds is 6. The summed E-state index contributed by atoms with van der Waals surface area (Å²) in [5.41, 5.74) is 3.36. The van der Waals surface area contributed by atoms with Crippen LogP contribution in [0.3, 0.4) is 0 Å². The van der Waals surface area contributed by atoms with Gasteiger partial charge in [-0.15, -0.1) is 0 Å². The molecule has 116 valence electrons. The minimum absolute atomic E-state index is 0.656. The molecule has 1 N–H and O–H groups in total. The fourth-order valence-electron chi connectivity index (χ4n) is 2.31. The number of aryl methyl sites for hydroxylation is 2. The Morgan fingerprint density at radius 3 is 2.62 bits per heavy atom. The van der Waals surface area contributed by atoms with Crippen molar-refractivity contribution in [3.05, 3.63) is 39.0 Å². The normalized spacial score (nSPS) is 11.6. The highest BCUT2D eigenvalue weighted by Gasteiger charge is 2.12. The summed E-state index contributed by atoms with van der Waals surface area (Å²) in [5, 5.41) is 7.98. The van der Waals surface area contributed by atoms with Crippen molar-refractivity contribution in [3.8, 4) is 0 Å². The van der Waals surface area contributed by atoms with E-state index in [-0.39, 0.29) is 0 Å². The maximum absolute atomic E-state index is 5.86. The molecule has 0 aliphatic heterocycles. The molecule has 0 atom stereocenters.